The predicted octanol–water partition coefficient (Wildman–Crippen LogP) is 9.26. The molecule has 0 saturated heterocycles. The average molecular weight is 602 g/mol. The third-order valence-corrected chi connectivity index (χ3v) is 5.84. The minimum atomic E-state index is -0.461. The van der Waals surface area contributed by atoms with Crippen molar-refractivity contribution in [2.45, 2.75) is 152 Å². The molecule has 5 heteroatoms. The summed E-state index contributed by atoms with van der Waals surface area (Å²) < 4.78 is 10.3. The molecule has 0 aromatic carbocycles. The van der Waals surface area contributed by atoms with Crippen molar-refractivity contribution in [3.05, 3.63) is 12.2 Å². The average Bonchev–Trinajstić information content (AvgIpc) is 2.85. The summed E-state index contributed by atoms with van der Waals surface area (Å²) in [7, 11) is 0. The molecule has 0 aliphatic carbocycles. The molecule has 0 saturated carbocycles. The van der Waals surface area contributed by atoms with Crippen molar-refractivity contribution in [3.63, 3.8) is 0 Å². The molecular formula is C30H58O4Sn. The Bertz CT molecular complexity index is 425. The number of rotatable bonds is 24. The van der Waals surface area contributed by atoms with Crippen LogP contribution in [0.1, 0.15) is 142 Å². The van der Waals surface area contributed by atoms with Crippen molar-refractivity contribution >= 4 is 33.1 Å². The van der Waals surface area contributed by atoms with E-state index in [0.29, 0.717) is 13.2 Å². The second-order valence-corrected chi connectivity index (χ2v) is 12.4. The van der Waals surface area contributed by atoms with Gasteiger partial charge in [0.1, 0.15) is 0 Å². The van der Waals surface area contributed by atoms with Gasteiger partial charge in [-0.15, -0.1) is 0 Å². The van der Waals surface area contributed by atoms with Crippen LogP contribution < -0.4 is 0 Å². The number of ether oxygens (including phenoxy) is 2. The number of carbonyl (C=O) groups excluding carboxylic acids is 2. The van der Waals surface area contributed by atoms with Crippen LogP contribution in [0.2, 0.25) is 9.88 Å². The van der Waals surface area contributed by atoms with Gasteiger partial charge in [0.15, 0.2) is 0 Å². The summed E-state index contributed by atoms with van der Waals surface area (Å²) in [6.07, 6.45) is 27.3. The Balaban J connectivity index is 0. The standard InChI is InChI=1S/C28H52O4.2CH3.Sn/c1-3-5-7-9-11-13-15-17-19-21-25-31-27(29)23-24-28(30)32-26-22-20-18-16-14-12-10-8-6-4-2;;;/h23-24H,3-22,25-26H2,1-2H3;2*1H3;/b24-23-;;;. The summed E-state index contributed by atoms with van der Waals surface area (Å²) in [6, 6.07) is 0. The second-order valence-electron chi connectivity index (χ2n) is 9.53. The fraction of sp³-hybridized carbons (Fsp3) is 0.867. The first kappa shape index (κ1) is 36.6. The molecule has 0 unspecified atom stereocenters. The summed E-state index contributed by atoms with van der Waals surface area (Å²) in [5.41, 5.74) is 0. The van der Waals surface area contributed by atoms with E-state index in [9.17, 15) is 9.59 Å². The fourth-order valence-electron chi connectivity index (χ4n) is 3.76. The molecule has 0 rings (SSSR count). The van der Waals surface area contributed by atoms with Gasteiger partial charge < -0.3 is 9.47 Å². The zero-order valence-electron chi connectivity index (χ0n) is 23.8. The number of esters is 2. The second kappa shape index (κ2) is 33.5. The van der Waals surface area contributed by atoms with E-state index in [4.69, 9.17) is 9.47 Å². The van der Waals surface area contributed by atoms with Crippen LogP contribution in [0.4, 0.5) is 0 Å². The molecule has 0 spiro atoms. The molecule has 0 atom stereocenters. The maximum atomic E-state index is 11.7. The monoisotopic (exact) mass is 602 g/mol. The van der Waals surface area contributed by atoms with Gasteiger partial charge in [0.2, 0.25) is 0 Å². The van der Waals surface area contributed by atoms with Crippen LogP contribution in [-0.4, -0.2) is 46.3 Å². The van der Waals surface area contributed by atoms with E-state index in [-0.39, 0.29) is 21.1 Å². The van der Waals surface area contributed by atoms with Crippen LogP contribution in [0.25, 0.3) is 0 Å². The van der Waals surface area contributed by atoms with Gasteiger partial charge in [-0.25, -0.2) is 9.59 Å². The summed E-state index contributed by atoms with van der Waals surface area (Å²) >= 11 is 0.230. The van der Waals surface area contributed by atoms with Gasteiger partial charge in [-0.3, -0.25) is 0 Å². The van der Waals surface area contributed by atoms with Crippen LogP contribution >= 0.6 is 0 Å². The van der Waals surface area contributed by atoms with E-state index in [1.165, 1.54) is 115 Å². The molecule has 2 radical (unpaired) electrons. The van der Waals surface area contributed by atoms with Crippen molar-refractivity contribution in [1.82, 2.24) is 0 Å². The van der Waals surface area contributed by atoms with Crippen LogP contribution in [-0.2, 0) is 19.1 Å². The van der Waals surface area contributed by atoms with Gasteiger partial charge in [-0.1, -0.05) is 129 Å². The Kier molecular flexibility index (Phi) is 35.0. The van der Waals surface area contributed by atoms with Crippen molar-refractivity contribution in [3.8, 4) is 0 Å². The summed E-state index contributed by atoms with van der Waals surface area (Å²) in [4.78, 5) is 27.9. The van der Waals surface area contributed by atoms with Gasteiger partial charge in [-0.05, 0) is 12.8 Å². The molecule has 4 nitrogen and oxygen atoms in total. The molecular weight excluding hydrogens is 543 g/mol. The Morgan fingerprint density at radius 3 is 0.971 bits per heavy atom. The third kappa shape index (κ3) is 35.7. The summed E-state index contributed by atoms with van der Waals surface area (Å²) in [5.74, 6) is -0.923. The van der Waals surface area contributed by atoms with E-state index < -0.39 is 11.9 Å². The first-order chi connectivity index (χ1) is 17.1. The molecule has 35 heavy (non-hydrogen) atoms. The maximum absolute atomic E-state index is 11.7. The first-order valence-electron chi connectivity index (χ1n) is 14.7. The van der Waals surface area contributed by atoms with Gasteiger partial charge in [0, 0.05) is 12.2 Å². The molecule has 0 aromatic heterocycles. The molecule has 0 bridgehead atoms. The van der Waals surface area contributed by atoms with E-state index in [1.54, 1.807) is 0 Å². The zero-order valence-corrected chi connectivity index (χ0v) is 26.7. The van der Waals surface area contributed by atoms with E-state index in [2.05, 4.69) is 23.7 Å². The number of hydrogen-bond donors (Lipinski definition) is 0. The van der Waals surface area contributed by atoms with E-state index >= 15 is 0 Å². The minimum absolute atomic E-state index is 0.230. The third-order valence-electron chi connectivity index (χ3n) is 5.84. The van der Waals surface area contributed by atoms with Gasteiger partial charge in [0.05, 0.1) is 13.2 Å². The Labute approximate surface area is 229 Å². The SMILES string of the molecule is CCCCCCCCCCCCOC(=O)/C=C\C(=O)OCCCCCCCCCCCC.[CH3][Sn][CH3]. The molecule has 0 fully saturated rings. The molecule has 0 aliphatic heterocycles. The van der Waals surface area contributed by atoms with Crippen LogP contribution in [0, 0.1) is 0 Å². The molecule has 0 amide bonds. The van der Waals surface area contributed by atoms with Gasteiger partial charge in [0.25, 0.3) is 0 Å². The fourth-order valence-corrected chi connectivity index (χ4v) is 3.76. The van der Waals surface area contributed by atoms with Gasteiger partial charge in [-0.2, -0.15) is 0 Å². The normalized spacial score (nSPS) is 10.7. The van der Waals surface area contributed by atoms with Crippen LogP contribution in [0.3, 0.4) is 0 Å². The molecule has 206 valence electrons. The Morgan fingerprint density at radius 2 is 0.714 bits per heavy atom. The van der Waals surface area contributed by atoms with Crippen molar-refractivity contribution < 1.29 is 19.1 Å². The molecule has 0 N–H and O–H groups in total. The van der Waals surface area contributed by atoms with Crippen molar-refractivity contribution in [2.24, 2.45) is 0 Å². The molecule has 0 aromatic rings. The predicted molar refractivity (Wildman–Crippen MR) is 152 cm³/mol. The Hall–Kier alpha value is -0.521. The number of unbranched alkanes of at least 4 members (excludes halogenated alkanes) is 18. The topological polar surface area (TPSA) is 52.6 Å². The van der Waals surface area contributed by atoms with E-state index in [1.807, 2.05) is 0 Å². The quantitative estimate of drug-likeness (QED) is 0.0479. The number of carbonyl (C=O) groups is 2. The van der Waals surface area contributed by atoms with Gasteiger partial charge >= 0.3 is 43.0 Å². The van der Waals surface area contributed by atoms with Crippen molar-refractivity contribution in [2.75, 3.05) is 13.2 Å². The van der Waals surface area contributed by atoms with Crippen LogP contribution in [0.15, 0.2) is 12.2 Å². The Morgan fingerprint density at radius 1 is 0.486 bits per heavy atom. The summed E-state index contributed by atoms with van der Waals surface area (Å²) in [5, 5.41) is 0. The molecule has 0 aliphatic rings. The number of hydrogen-bond acceptors (Lipinski definition) is 4. The molecule has 0 heterocycles. The van der Waals surface area contributed by atoms with Crippen LogP contribution in [0.5, 0.6) is 0 Å². The van der Waals surface area contributed by atoms with E-state index in [0.717, 1.165) is 25.7 Å². The summed E-state index contributed by atoms with van der Waals surface area (Å²) in [6.45, 7) is 5.34. The first-order valence-corrected chi connectivity index (χ1v) is 20.4. The van der Waals surface area contributed by atoms with Crippen molar-refractivity contribution in [1.29, 1.82) is 0 Å². The zero-order chi connectivity index (χ0) is 26.2.